The van der Waals surface area contributed by atoms with E-state index in [0.717, 1.165) is 31.6 Å². The van der Waals surface area contributed by atoms with Gasteiger partial charge in [-0.25, -0.2) is 0 Å². The third-order valence-electron chi connectivity index (χ3n) is 4.49. The van der Waals surface area contributed by atoms with Crippen molar-refractivity contribution in [2.45, 2.75) is 33.2 Å². The van der Waals surface area contributed by atoms with Crippen LogP contribution in [0.3, 0.4) is 0 Å². The zero-order valence-corrected chi connectivity index (χ0v) is 14.6. The van der Waals surface area contributed by atoms with Crippen molar-refractivity contribution >= 4 is 11.7 Å². The predicted molar refractivity (Wildman–Crippen MR) is 95.8 cm³/mol. The van der Waals surface area contributed by atoms with Gasteiger partial charge in [-0.05, 0) is 69.5 Å². The molecule has 0 spiro atoms. The molecule has 0 bridgehead atoms. The summed E-state index contributed by atoms with van der Waals surface area (Å²) in [6, 6.07) is 5.24. The molecular formula is C18H23N5O2. The average Bonchev–Trinajstić information content (AvgIpc) is 2.60. The van der Waals surface area contributed by atoms with Gasteiger partial charge < -0.3 is 15.2 Å². The summed E-state index contributed by atoms with van der Waals surface area (Å²) in [5.41, 5.74) is 1.31. The average molecular weight is 341 g/mol. The summed E-state index contributed by atoms with van der Waals surface area (Å²) in [7, 11) is 0. The standard InChI is InChI=1S/C18H23N5O2/c1-12-7-9-23(11-14-4-3-8-19-10-14)18(25)16(12)17(24)20-15-6-5-13(2)21-22-15/h5-7,9,14,19H,3-4,8,10-11H2,1-2H3,(H,20,22,24). The fraction of sp³-hybridized carbons (Fsp3) is 0.444. The molecule has 1 amide bonds. The van der Waals surface area contributed by atoms with Gasteiger partial charge in [0.25, 0.3) is 11.5 Å². The van der Waals surface area contributed by atoms with Crippen LogP contribution in [0.4, 0.5) is 5.82 Å². The Morgan fingerprint density at radius 3 is 2.84 bits per heavy atom. The van der Waals surface area contributed by atoms with Gasteiger partial charge in [0.1, 0.15) is 5.56 Å². The van der Waals surface area contributed by atoms with Crippen LogP contribution < -0.4 is 16.2 Å². The normalized spacial score (nSPS) is 17.3. The maximum absolute atomic E-state index is 12.8. The second kappa shape index (κ2) is 7.57. The largest absolute Gasteiger partial charge is 0.316 e. The van der Waals surface area contributed by atoms with Crippen LogP contribution in [-0.2, 0) is 6.54 Å². The van der Waals surface area contributed by atoms with Gasteiger partial charge in [-0.15, -0.1) is 5.10 Å². The number of rotatable bonds is 4. The van der Waals surface area contributed by atoms with Crippen LogP contribution in [0.15, 0.2) is 29.2 Å². The monoisotopic (exact) mass is 341 g/mol. The molecule has 3 rings (SSSR count). The van der Waals surface area contributed by atoms with Gasteiger partial charge in [-0.2, -0.15) is 5.10 Å². The molecule has 0 radical (unpaired) electrons. The summed E-state index contributed by atoms with van der Waals surface area (Å²) < 4.78 is 1.64. The third-order valence-corrected chi connectivity index (χ3v) is 4.49. The molecule has 25 heavy (non-hydrogen) atoms. The second-order valence-corrected chi connectivity index (χ2v) is 6.56. The number of piperidine rings is 1. The number of anilines is 1. The van der Waals surface area contributed by atoms with Crippen LogP contribution in [-0.4, -0.2) is 33.8 Å². The van der Waals surface area contributed by atoms with E-state index in [1.165, 1.54) is 0 Å². The Hall–Kier alpha value is -2.54. The van der Waals surface area contributed by atoms with Gasteiger partial charge in [0, 0.05) is 12.7 Å². The topological polar surface area (TPSA) is 88.9 Å². The molecule has 1 fully saturated rings. The number of pyridine rings is 1. The first-order valence-corrected chi connectivity index (χ1v) is 8.57. The highest BCUT2D eigenvalue weighted by atomic mass is 16.2. The molecule has 1 aliphatic rings. The lowest BCUT2D eigenvalue weighted by atomic mass is 9.99. The molecule has 1 unspecified atom stereocenters. The molecule has 7 nitrogen and oxygen atoms in total. The maximum Gasteiger partial charge on any atom is 0.263 e. The molecule has 2 aromatic heterocycles. The van der Waals surface area contributed by atoms with E-state index in [0.29, 0.717) is 23.8 Å². The summed E-state index contributed by atoms with van der Waals surface area (Å²) in [6.45, 7) is 6.14. The summed E-state index contributed by atoms with van der Waals surface area (Å²) >= 11 is 0. The number of carbonyl (C=O) groups excluding carboxylic acids is 1. The number of aryl methyl sites for hydroxylation is 2. The van der Waals surface area contributed by atoms with E-state index in [4.69, 9.17) is 0 Å². The van der Waals surface area contributed by atoms with Gasteiger partial charge in [0.05, 0.1) is 5.69 Å². The van der Waals surface area contributed by atoms with Crippen LogP contribution in [0.2, 0.25) is 0 Å². The smallest absolute Gasteiger partial charge is 0.263 e. The van der Waals surface area contributed by atoms with Crippen LogP contribution in [0.5, 0.6) is 0 Å². The number of carbonyl (C=O) groups is 1. The van der Waals surface area contributed by atoms with Crippen molar-refractivity contribution in [2.75, 3.05) is 18.4 Å². The zero-order chi connectivity index (χ0) is 17.8. The molecule has 3 heterocycles. The molecule has 7 heteroatoms. The van der Waals surface area contributed by atoms with E-state index < -0.39 is 5.91 Å². The van der Waals surface area contributed by atoms with Crippen molar-refractivity contribution in [2.24, 2.45) is 5.92 Å². The Labute approximate surface area is 146 Å². The van der Waals surface area contributed by atoms with Crippen LogP contribution in [0.1, 0.15) is 34.5 Å². The molecule has 0 aliphatic carbocycles. The summed E-state index contributed by atoms with van der Waals surface area (Å²) in [5, 5.41) is 13.8. The van der Waals surface area contributed by atoms with E-state index in [1.807, 2.05) is 13.0 Å². The van der Waals surface area contributed by atoms with Crippen molar-refractivity contribution in [3.8, 4) is 0 Å². The SMILES string of the molecule is Cc1ccc(NC(=O)c2c(C)ccn(CC3CCCNC3)c2=O)nn1. The Morgan fingerprint density at radius 1 is 1.32 bits per heavy atom. The van der Waals surface area contributed by atoms with Gasteiger partial charge in [-0.3, -0.25) is 9.59 Å². The number of amides is 1. The molecule has 1 aliphatic heterocycles. The molecule has 0 saturated carbocycles. The predicted octanol–water partition coefficient (Wildman–Crippen LogP) is 1.51. The van der Waals surface area contributed by atoms with Crippen molar-refractivity contribution in [1.29, 1.82) is 0 Å². The highest BCUT2D eigenvalue weighted by Gasteiger charge is 2.19. The molecule has 1 saturated heterocycles. The lowest BCUT2D eigenvalue weighted by Crippen LogP contribution is -2.36. The Kier molecular flexibility index (Phi) is 5.23. The number of nitrogens with one attached hydrogen (secondary N) is 2. The Balaban J connectivity index is 1.82. The van der Waals surface area contributed by atoms with Crippen molar-refractivity contribution in [3.63, 3.8) is 0 Å². The first kappa shape index (κ1) is 17.3. The summed E-state index contributed by atoms with van der Waals surface area (Å²) in [6.07, 6.45) is 3.98. The number of nitrogens with zero attached hydrogens (tertiary/aromatic N) is 3. The quantitative estimate of drug-likeness (QED) is 0.880. The second-order valence-electron chi connectivity index (χ2n) is 6.56. The molecule has 1 atom stereocenters. The van der Waals surface area contributed by atoms with Gasteiger partial charge in [-0.1, -0.05) is 0 Å². The summed E-state index contributed by atoms with van der Waals surface area (Å²) in [5.74, 6) is 0.297. The van der Waals surface area contributed by atoms with Crippen molar-refractivity contribution < 1.29 is 4.79 Å². The van der Waals surface area contributed by atoms with Crippen LogP contribution in [0, 0.1) is 19.8 Å². The third kappa shape index (κ3) is 4.11. The van der Waals surface area contributed by atoms with Gasteiger partial charge >= 0.3 is 0 Å². The lowest BCUT2D eigenvalue weighted by Gasteiger charge is -2.23. The fourth-order valence-corrected chi connectivity index (χ4v) is 3.09. The number of hydrogen-bond donors (Lipinski definition) is 2. The minimum Gasteiger partial charge on any atom is -0.316 e. The molecule has 132 valence electrons. The van der Waals surface area contributed by atoms with Crippen LogP contribution >= 0.6 is 0 Å². The minimum absolute atomic E-state index is 0.161. The van der Waals surface area contributed by atoms with Crippen molar-refractivity contribution in [1.82, 2.24) is 20.1 Å². The molecule has 0 aromatic carbocycles. The van der Waals surface area contributed by atoms with E-state index in [9.17, 15) is 9.59 Å². The van der Waals surface area contributed by atoms with E-state index in [1.54, 1.807) is 29.8 Å². The van der Waals surface area contributed by atoms with Gasteiger partial charge in [0.15, 0.2) is 5.82 Å². The van der Waals surface area contributed by atoms with E-state index in [2.05, 4.69) is 20.8 Å². The summed E-state index contributed by atoms with van der Waals surface area (Å²) in [4.78, 5) is 25.4. The number of hydrogen-bond acceptors (Lipinski definition) is 5. The fourth-order valence-electron chi connectivity index (χ4n) is 3.09. The minimum atomic E-state index is -0.447. The first-order valence-electron chi connectivity index (χ1n) is 8.57. The van der Waals surface area contributed by atoms with E-state index in [-0.39, 0.29) is 11.1 Å². The van der Waals surface area contributed by atoms with E-state index >= 15 is 0 Å². The van der Waals surface area contributed by atoms with Crippen LogP contribution in [0.25, 0.3) is 0 Å². The molecular weight excluding hydrogens is 318 g/mol. The molecule has 2 aromatic rings. The first-order chi connectivity index (χ1) is 12.0. The Bertz CT molecular complexity index is 807. The highest BCUT2D eigenvalue weighted by molar-refractivity contribution is 6.04. The highest BCUT2D eigenvalue weighted by Crippen LogP contribution is 2.13. The maximum atomic E-state index is 12.8. The Morgan fingerprint density at radius 2 is 2.16 bits per heavy atom. The lowest BCUT2D eigenvalue weighted by molar-refractivity contribution is 0.102. The van der Waals surface area contributed by atoms with Crippen molar-refractivity contribution in [3.05, 3.63) is 51.6 Å². The number of aromatic nitrogens is 3. The zero-order valence-electron chi connectivity index (χ0n) is 14.6. The molecule has 2 N–H and O–H groups in total. The van der Waals surface area contributed by atoms with Gasteiger partial charge in [0.2, 0.25) is 0 Å².